The van der Waals surface area contributed by atoms with Crippen LogP contribution in [0.2, 0.25) is 0 Å². The van der Waals surface area contributed by atoms with Crippen molar-refractivity contribution in [2.75, 3.05) is 62.4 Å². The Kier molecular flexibility index (Phi) is 18.2. The summed E-state index contributed by atoms with van der Waals surface area (Å²) < 4.78 is 46.1. The quantitative estimate of drug-likeness (QED) is 0.0627. The number of benzene rings is 5. The first-order valence-corrected chi connectivity index (χ1v) is 22.6. The Labute approximate surface area is 369 Å². The van der Waals surface area contributed by atoms with Crippen molar-refractivity contribution >= 4 is 11.4 Å². The molecule has 4 atom stereocenters. The van der Waals surface area contributed by atoms with Crippen molar-refractivity contribution in [1.29, 1.82) is 0 Å². The van der Waals surface area contributed by atoms with Crippen molar-refractivity contribution in [2.24, 2.45) is 0 Å². The summed E-state index contributed by atoms with van der Waals surface area (Å²) in [6, 6.07) is 41.0. The Bertz CT molecular complexity index is 1800. The molecule has 4 fully saturated rings. The summed E-state index contributed by atoms with van der Waals surface area (Å²) in [5.41, 5.74) is 6.71. The first-order chi connectivity index (χ1) is 30.6. The highest BCUT2D eigenvalue weighted by molar-refractivity contribution is 5.51. The van der Waals surface area contributed by atoms with Gasteiger partial charge in [0.25, 0.3) is 0 Å². The van der Waals surface area contributed by atoms with Gasteiger partial charge in [0.2, 0.25) is 0 Å². The lowest BCUT2D eigenvalue weighted by molar-refractivity contribution is 0.296. The second kappa shape index (κ2) is 24.4. The summed E-state index contributed by atoms with van der Waals surface area (Å²) in [6.45, 7) is 20.9. The molecule has 0 N–H and O–H groups in total. The largest absolute Gasteiger partial charge is 0.489 e. The Morgan fingerprint density at radius 1 is 0.339 bits per heavy atom. The lowest BCUT2D eigenvalue weighted by atomic mass is 10.1. The molecular formula is C52H66N2O8. The van der Waals surface area contributed by atoms with Gasteiger partial charge in [0.1, 0.15) is 49.4 Å². The standard InChI is InChI=1S/C46H48N2O8.3C2H6/c1-5-35(6-2-33(1)25-49-39-13-9-37(10-14-39)47(21-43-29-53-43)22-44-30-54-44)27-51-41-17-19-42(20-18-41)52-28-36-7-3-34(4-8-36)26-50-40-15-11-38(12-16-40)48(23-45-31-55-45)24-46-32-56-46;3*1-2/h1-20,43-46H,21-32H2;3*1-2H3. The van der Waals surface area contributed by atoms with Gasteiger partial charge in [-0.2, -0.15) is 0 Å². The van der Waals surface area contributed by atoms with Crippen molar-refractivity contribution in [1.82, 2.24) is 0 Å². The van der Waals surface area contributed by atoms with E-state index in [1.165, 1.54) is 11.4 Å². The van der Waals surface area contributed by atoms with Gasteiger partial charge in [0.05, 0.1) is 50.8 Å². The Balaban J connectivity index is 0.00000103. The molecule has 0 aliphatic carbocycles. The number of epoxide rings is 4. The zero-order valence-electron chi connectivity index (χ0n) is 37.5. The van der Waals surface area contributed by atoms with E-state index in [9.17, 15) is 0 Å². The van der Waals surface area contributed by atoms with Gasteiger partial charge in [0, 0.05) is 37.6 Å². The van der Waals surface area contributed by atoms with Gasteiger partial charge in [0.15, 0.2) is 0 Å². The van der Waals surface area contributed by atoms with Crippen LogP contribution in [0, 0.1) is 0 Å². The van der Waals surface area contributed by atoms with E-state index in [4.69, 9.17) is 37.9 Å². The summed E-state index contributed by atoms with van der Waals surface area (Å²) in [4.78, 5) is 4.68. The average molecular weight is 847 g/mol. The van der Waals surface area contributed by atoms with Gasteiger partial charge < -0.3 is 47.7 Å². The topological polar surface area (TPSA) is 93.5 Å². The first kappa shape index (κ1) is 46.2. The number of nitrogens with zero attached hydrogens (tertiary/aromatic N) is 2. The molecule has 0 aromatic heterocycles. The van der Waals surface area contributed by atoms with E-state index in [1.54, 1.807) is 0 Å². The molecule has 0 saturated carbocycles. The molecule has 9 rings (SSSR count). The van der Waals surface area contributed by atoms with E-state index in [2.05, 4.69) is 82.6 Å². The molecule has 10 heteroatoms. The average Bonchev–Trinajstić information content (AvgIpc) is 4.09. The molecule has 4 aliphatic heterocycles. The second-order valence-electron chi connectivity index (χ2n) is 14.9. The molecule has 4 unspecified atom stereocenters. The van der Waals surface area contributed by atoms with Crippen LogP contribution in [0.3, 0.4) is 0 Å². The highest BCUT2D eigenvalue weighted by atomic mass is 16.6. The summed E-state index contributed by atoms with van der Waals surface area (Å²) in [7, 11) is 0. The van der Waals surface area contributed by atoms with E-state index < -0.39 is 0 Å². The molecule has 5 aromatic carbocycles. The Morgan fingerprint density at radius 3 is 0.726 bits per heavy atom. The maximum absolute atomic E-state index is 6.08. The van der Waals surface area contributed by atoms with Crippen molar-refractivity contribution in [2.45, 2.75) is 92.4 Å². The molecule has 0 bridgehead atoms. The molecule has 4 saturated heterocycles. The molecule has 332 valence electrons. The monoisotopic (exact) mass is 846 g/mol. The van der Waals surface area contributed by atoms with Gasteiger partial charge in [-0.25, -0.2) is 0 Å². The molecule has 0 spiro atoms. The number of hydrogen-bond donors (Lipinski definition) is 0. The second-order valence-corrected chi connectivity index (χ2v) is 14.9. The van der Waals surface area contributed by atoms with Crippen LogP contribution in [0.15, 0.2) is 121 Å². The van der Waals surface area contributed by atoms with Crippen LogP contribution in [0.25, 0.3) is 0 Å². The van der Waals surface area contributed by atoms with Gasteiger partial charge in [-0.1, -0.05) is 90.1 Å². The molecule has 4 heterocycles. The maximum atomic E-state index is 6.08. The van der Waals surface area contributed by atoms with E-state index >= 15 is 0 Å². The minimum atomic E-state index is 0.334. The third-order valence-corrected chi connectivity index (χ3v) is 10.2. The lowest BCUT2D eigenvalue weighted by Gasteiger charge is -2.23. The smallest absolute Gasteiger partial charge is 0.120 e. The predicted octanol–water partition coefficient (Wildman–Crippen LogP) is 10.3. The Hall–Kier alpha value is -5.26. The number of anilines is 2. The van der Waals surface area contributed by atoms with Crippen molar-refractivity contribution in [3.8, 4) is 23.0 Å². The van der Waals surface area contributed by atoms with Crippen LogP contribution in [0.4, 0.5) is 11.4 Å². The van der Waals surface area contributed by atoms with Crippen molar-refractivity contribution < 1.29 is 37.9 Å². The summed E-state index contributed by atoms with van der Waals surface area (Å²) in [5, 5.41) is 0. The summed E-state index contributed by atoms with van der Waals surface area (Å²) in [6.07, 6.45) is 1.34. The maximum Gasteiger partial charge on any atom is 0.120 e. The van der Waals surface area contributed by atoms with E-state index in [-0.39, 0.29) is 0 Å². The first-order valence-electron chi connectivity index (χ1n) is 22.6. The minimum Gasteiger partial charge on any atom is -0.489 e. The van der Waals surface area contributed by atoms with Crippen LogP contribution in [0.1, 0.15) is 63.8 Å². The number of hydrogen-bond acceptors (Lipinski definition) is 10. The van der Waals surface area contributed by atoms with Gasteiger partial charge in [-0.05, 0) is 95.1 Å². The summed E-state index contributed by atoms with van der Waals surface area (Å²) >= 11 is 0. The minimum absolute atomic E-state index is 0.334. The molecule has 5 aromatic rings. The van der Waals surface area contributed by atoms with Crippen molar-refractivity contribution in [3.05, 3.63) is 144 Å². The van der Waals surface area contributed by atoms with Gasteiger partial charge in [-0.3, -0.25) is 0 Å². The zero-order valence-corrected chi connectivity index (χ0v) is 37.5. The van der Waals surface area contributed by atoms with E-state index in [0.29, 0.717) is 50.8 Å². The van der Waals surface area contributed by atoms with Crippen LogP contribution in [-0.4, -0.2) is 77.0 Å². The van der Waals surface area contributed by atoms with Crippen LogP contribution in [-0.2, 0) is 45.4 Å². The highest BCUT2D eigenvalue weighted by Crippen LogP contribution is 2.27. The SMILES string of the molecule is CC.CC.CC.c1cc(COc2ccc(N(CC3CO3)CC3CO3)cc2)ccc1COc1ccc(OCc2ccc(COc3ccc(N(CC4CO4)CC4CO4)cc3)cc2)cc1. The molecule has 4 aliphatic rings. The molecule has 0 amide bonds. The summed E-state index contributed by atoms with van der Waals surface area (Å²) in [5.74, 6) is 3.27. The fraction of sp³-hybridized carbons (Fsp3) is 0.423. The Morgan fingerprint density at radius 2 is 0.532 bits per heavy atom. The van der Waals surface area contributed by atoms with Gasteiger partial charge >= 0.3 is 0 Å². The van der Waals surface area contributed by atoms with Crippen LogP contribution >= 0.6 is 0 Å². The molecular weight excluding hydrogens is 781 g/mol. The fourth-order valence-corrected chi connectivity index (χ4v) is 6.52. The third kappa shape index (κ3) is 15.6. The molecule has 0 radical (unpaired) electrons. The lowest BCUT2D eigenvalue weighted by Crippen LogP contribution is -2.31. The highest BCUT2D eigenvalue weighted by Gasteiger charge is 2.32. The number of rotatable bonds is 22. The molecule has 10 nitrogen and oxygen atoms in total. The predicted molar refractivity (Wildman–Crippen MR) is 247 cm³/mol. The number of ether oxygens (including phenoxy) is 8. The fourth-order valence-electron chi connectivity index (χ4n) is 6.52. The van der Waals surface area contributed by atoms with Gasteiger partial charge in [-0.15, -0.1) is 0 Å². The van der Waals surface area contributed by atoms with E-state index in [1.807, 2.05) is 90.1 Å². The molecule has 62 heavy (non-hydrogen) atoms. The third-order valence-electron chi connectivity index (χ3n) is 10.2. The van der Waals surface area contributed by atoms with Crippen molar-refractivity contribution in [3.63, 3.8) is 0 Å². The van der Waals surface area contributed by atoms with E-state index in [0.717, 1.165) is 97.9 Å². The normalized spacial score (nSPS) is 18.5. The zero-order chi connectivity index (χ0) is 43.5. The van der Waals surface area contributed by atoms with Crippen LogP contribution < -0.4 is 28.7 Å². The van der Waals surface area contributed by atoms with Crippen LogP contribution in [0.5, 0.6) is 23.0 Å².